The summed E-state index contributed by atoms with van der Waals surface area (Å²) in [6, 6.07) is 0. The molecule has 0 saturated carbocycles. The molecule has 0 radical (unpaired) electrons. The Morgan fingerprint density at radius 1 is 1.62 bits per heavy atom. The Hall–Kier alpha value is -0.107. The summed E-state index contributed by atoms with van der Waals surface area (Å²) in [6.45, 7) is 3.65. The Bertz CT molecular complexity index is 64.3. The summed E-state index contributed by atoms with van der Waals surface area (Å²) < 4.78 is 12.8. The van der Waals surface area contributed by atoms with Gasteiger partial charge in [-0.05, 0) is 6.92 Å². The maximum absolute atomic E-state index is 9.82. The van der Waals surface area contributed by atoms with E-state index in [0.29, 0.717) is 6.61 Å². The van der Waals surface area contributed by atoms with Crippen molar-refractivity contribution in [3.8, 4) is 0 Å². The molecule has 44 valence electrons. The molecule has 0 heterocycles. The van der Waals surface area contributed by atoms with Crippen LogP contribution in [0.1, 0.15) is 13.8 Å². The van der Waals surface area contributed by atoms with E-state index in [9.17, 15) is 4.79 Å². The summed E-state index contributed by atoms with van der Waals surface area (Å²) in [5.41, 5.74) is 0. The van der Waals surface area contributed by atoms with Crippen molar-refractivity contribution in [2.45, 2.75) is 13.8 Å². The van der Waals surface area contributed by atoms with Gasteiger partial charge >= 0.3 is 27.8 Å². The second kappa shape index (κ2) is 10.00. The van der Waals surface area contributed by atoms with E-state index in [1.165, 1.54) is 6.92 Å². The summed E-state index contributed by atoms with van der Waals surface area (Å²) in [5.74, 6) is -0.211. The van der Waals surface area contributed by atoms with Gasteiger partial charge in [0.1, 0.15) is 0 Å². The zero-order valence-corrected chi connectivity index (χ0v) is 8.11. The predicted octanol–water partition coefficient (Wildman–Crippen LogP) is 0.448. The molecule has 4 heteroatoms. The molecule has 0 aromatic rings. The molecule has 0 unspecified atom stereocenters. The molecular formula is C4H8O3Zn. The number of hydrogen-bond donors (Lipinski definition) is 0. The topological polar surface area (TPSA) is 43.4 Å². The van der Waals surface area contributed by atoms with Crippen molar-refractivity contribution < 1.29 is 31.4 Å². The van der Waals surface area contributed by atoms with E-state index >= 15 is 0 Å². The zero-order valence-electron chi connectivity index (χ0n) is 5.14. The molecule has 0 fully saturated rings. The molecule has 0 N–H and O–H groups in total. The molecule has 0 atom stereocenters. The third-order valence-electron chi connectivity index (χ3n) is 0.348. The van der Waals surface area contributed by atoms with Crippen LogP contribution in [0.15, 0.2) is 0 Å². The number of carbonyl (C=O) groups excluding carboxylic acids is 1. The molecule has 0 amide bonds. The number of hydrogen-bond acceptors (Lipinski definition) is 3. The minimum absolute atomic E-state index is 0.125. The number of rotatable bonds is 1. The first kappa shape index (κ1) is 10.8. The van der Waals surface area contributed by atoms with Crippen LogP contribution in [0, 0.1) is 0 Å². The van der Waals surface area contributed by atoms with E-state index in [4.69, 9.17) is 3.57 Å². The number of ether oxygens (including phenoxy) is 1. The first-order valence-corrected chi connectivity index (χ1v) is 3.40. The average molecular weight is 169 g/mol. The first-order chi connectivity index (χ1) is 3.77. The maximum atomic E-state index is 9.82. The Morgan fingerprint density at radius 2 is 2.00 bits per heavy atom. The van der Waals surface area contributed by atoms with E-state index in [1.807, 2.05) is 0 Å². The van der Waals surface area contributed by atoms with Crippen molar-refractivity contribution in [1.29, 1.82) is 0 Å². The minimum atomic E-state index is -0.211. The Kier molecular flexibility index (Phi) is 13.5. The van der Waals surface area contributed by atoms with Crippen molar-refractivity contribution in [2.24, 2.45) is 0 Å². The monoisotopic (exact) mass is 168 g/mol. The molecule has 0 aliphatic rings. The van der Waals surface area contributed by atoms with Crippen LogP contribution in [0.25, 0.3) is 0 Å². The predicted molar refractivity (Wildman–Crippen MR) is 23.0 cm³/mol. The van der Waals surface area contributed by atoms with Crippen LogP contribution in [0.4, 0.5) is 0 Å². The van der Waals surface area contributed by atoms with Crippen LogP contribution in [-0.4, -0.2) is 12.6 Å². The van der Waals surface area contributed by atoms with E-state index in [2.05, 4.69) is 4.74 Å². The fourth-order valence-corrected chi connectivity index (χ4v) is 0.203. The van der Waals surface area contributed by atoms with Gasteiger partial charge in [-0.3, -0.25) is 4.79 Å². The molecule has 8 heavy (non-hydrogen) atoms. The van der Waals surface area contributed by atoms with E-state index in [-0.39, 0.29) is 24.2 Å². The van der Waals surface area contributed by atoms with E-state index < -0.39 is 0 Å². The molecular weight excluding hydrogens is 161 g/mol. The van der Waals surface area contributed by atoms with Gasteiger partial charge < -0.3 is 4.74 Å². The fourth-order valence-electron chi connectivity index (χ4n) is 0.203. The van der Waals surface area contributed by atoms with E-state index in [1.54, 1.807) is 6.92 Å². The van der Waals surface area contributed by atoms with Gasteiger partial charge in [0, 0.05) is 6.92 Å². The summed E-state index contributed by atoms with van der Waals surface area (Å²) >= 11 is 0.125. The van der Waals surface area contributed by atoms with Crippen molar-refractivity contribution in [2.75, 3.05) is 6.61 Å². The van der Waals surface area contributed by atoms with Crippen LogP contribution in [0.2, 0.25) is 0 Å². The molecule has 0 saturated heterocycles. The van der Waals surface area contributed by atoms with Gasteiger partial charge in [-0.15, -0.1) is 0 Å². The van der Waals surface area contributed by atoms with Gasteiger partial charge in [0.2, 0.25) is 0 Å². The molecule has 0 aliphatic heterocycles. The molecule has 0 aromatic heterocycles. The summed E-state index contributed by atoms with van der Waals surface area (Å²) in [7, 11) is 0. The van der Waals surface area contributed by atoms with Gasteiger partial charge in [-0.2, -0.15) is 0 Å². The van der Waals surface area contributed by atoms with Crippen LogP contribution in [-0.2, 0) is 31.4 Å². The normalized spacial score (nSPS) is 6.50. The zero-order chi connectivity index (χ0) is 6.99. The SMILES string of the molecule is CCOC(C)=O.[O]=[Zn]. The van der Waals surface area contributed by atoms with Crippen LogP contribution in [0.5, 0.6) is 0 Å². The Morgan fingerprint density at radius 3 is 2.00 bits per heavy atom. The molecule has 3 nitrogen and oxygen atoms in total. The van der Waals surface area contributed by atoms with Gasteiger partial charge in [0.15, 0.2) is 0 Å². The molecule has 0 rings (SSSR count). The summed E-state index contributed by atoms with van der Waals surface area (Å²) in [5, 5.41) is 0. The first-order valence-electron chi connectivity index (χ1n) is 2.19. The third kappa shape index (κ3) is 16.9. The van der Waals surface area contributed by atoms with Gasteiger partial charge in [-0.25, -0.2) is 0 Å². The number of carbonyl (C=O) groups is 1. The van der Waals surface area contributed by atoms with Gasteiger partial charge in [0.25, 0.3) is 0 Å². The van der Waals surface area contributed by atoms with Crippen molar-refractivity contribution in [3.63, 3.8) is 0 Å². The molecule has 0 aliphatic carbocycles. The molecule has 0 aromatic carbocycles. The Balaban J connectivity index is 0. The second-order valence-corrected chi connectivity index (χ2v) is 0.925. The second-order valence-electron chi connectivity index (χ2n) is 0.925. The third-order valence-corrected chi connectivity index (χ3v) is 0.348. The van der Waals surface area contributed by atoms with Gasteiger partial charge in [-0.1, -0.05) is 0 Å². The van der Waals surface area contributed by atoms with Crippen LogP contribution < -0.4 is 0 Å². The van der Waals surface area contributed by atoms with Crippen LogP contribution in [0.3, 0.4) is 0 Å². The Labute approximate surface area is 58.3 Å². The van der Waals surface area contributed by atoms with Crippen molar-refractivity contribution in [3.05, 3.63) is 0 Å². The molecule has 0 bridgehead atoms. The molecule has 0 spiro atoms. The average Bonchev–Trinajstić information content (AvgIpc) is 1.72. The van der Waals surface area contributed by atoms with Crippen molar-refractivity contribution in [1.82, 2.24) is 0 Å². The van der Waals surface area contributed by atoms with Crippen molar-refractivity contribution >= 4 is 5.97 Å². The standard InChI is InChI=1S/C4H8O2.O.Zn/c1-3-6-4(2)5;;/h3H2,1-2H3;;. The van der Waals surface area contributed by atoms with Gasteiger partial charge in [0.05, 0.1) is 6.61 Å². The summed E-state index contributed by atoms with van der Waals surface area (Å²) in [4.78, 5) is 9.82. The number of esters is 1. The summed E-state index contributed by atoms with van der Waals surface area (Å²) in [6.07, 6.45) is 0. The van der Waals surface area contributed by atoms with E-state index in [0.717, 1.165) is 0 Å². The fraction of sp³-hybridized carbons (Fsp3) is 0.750. The quantitative estimate of drug-likeness (QED) is 0.423. The van der Waals surface area contributed by atoms with Crippen LogP contribution >= 0.6 is 0 Å².